The Bertz CT molecular complexity index is 1000. The number of hydrogen-bond acceptors (Lipinski definition) is 4. The molecule has 2 aromatic carbocycles. The molecule has 32 heavy (non-hydrogen) atoms. The SMILES string of the molecule is COc1ccccc1C1(CC(=O)N(C)Cc2ccccc2)CC(=O)N(C2CCCC2)C1=O. The summed E-state index contributed by atoms with van der Waals surface area (Å²) in [5.74, 6) is -0.0960. The van der Waals surface area contributed by atoms with E-state index in [-0.39, 0.29) is 36.6 Å². The second-order valence-electron chi connectivity index (χ2n) is 8.88. The molecule has 0 bridgehead atoms. The summed E-state index contributed by atoms with van der Waals surface area (Å²) < 4.78 is 5.56. The monoisotopic (exact) mass is 434 g/mol. The molecular weight excluding hydrogens is 404 g/mol. The van der Waals surface area contributed by atoms with Crippen molar-refractivity contribution in [1.29, 1.82) is 0 Å². The molecule has 1 saturated carbocycles. The van der Waals surface area contributed by atoms with Crippen molar-refractivity contribution in [3.8, 4) is 5.75 Å². The van der Waals surface area contributed by atoms with Crippen LogP contribution in [0.4, 0.5) is 0 Å². The number of hydrogen-bond donors (Lipinski definition) is 0. The summed E-state index contributed by atoms with van der Waals surface area (Å²) in [4.78, 5) is 43.5. The lowest BCUT2D eigenvalue weighted by molar-refractivity contribution is -0.144. The van der Waals surface area contributed by atoms with E-state index in [0.29, 0.717) is 17.9 Å². The third-order valence-electron chi connectivity index (χ3n) is 6.80. The summed E-state index contributed by atoms with van der Waals surface area (Å²) in [5, 5.41) is 0. The normalized spacial score (nSPS) is 21.2. The van der Waals surface area contributed by atoms with Crippen LogP contribution >= 0.6 is 0 Å². The van der Waals surface area contributed by atoms with Crippen LogP contribution in [0.2, 0.25) is 0 Å². The Morgan fingerprint density at radius 2 is 1.72 bits per heavy atom. The van der Waals surface area contributed by atoms with Crippen molar-refractivity contribution in [3.63, 3.8) is 0 Å². The highest BCUT2D eigenvalue weighted by molar-refractivity contribution is 6.11. The first-order valence-corrected chi connectivity index (χ1v) is 11.2. The average molecular weight is 435 g/mol. The van der Waals surface area contributed by atoms with E-state index >= 15 is 0 Å². The minimum atomic E-state index is -1.24. The smallest absolute Gasteiger partial charge is 0.241 e. The summed E-state index contributed by atoms with van der Waals surface area (Å²) in [6, 6.07) is 16.9. The zero-order chi connectivity index (χ0) is 22.7. The predicted octanol–water partition coefficient (Wildman–Crippen LogP) is 3.68. The molecular formula is C26H30N2O4. The van der Waals surface area contributed by atoms with Gasteiger partial charge in [-0.3, -0.25) is 19.3 Å². The van der Waals surface area contributed by atoms with Gasteiger partial charge in [0.15, 0.2) is 0 Å². The molecule has 4 rings (SSSR count). The molecule has 0 aromatic heterocycles. The molecule has 168 valence electrons. The van der Waals surface area contributed by atoms with E-state index in [0.717, 1.165) is 31.2 Å². The highest BCUT2D eigenvalue weighted by atomic mass is 16.5. The number of para-hydroxylation sites is 1. The van der Waals surface area contributed by atoms with Gasteiger partial charge < -0.3 is 9.64 Å². The highest BCUT2D eigenvalue weighted by Crippen LogP contribution is 2.46. The van der Waals surface area contributed by atoms with Gasteiger partial charge in [0.1, 0.15) is 5.75 Å². The van der Waals surface area contributed by atoms with E-state index in [1.807, 2.05) is 48.5 Å². The molecule has 6 heteroatoms. The molecule has 1 heterocycles. The van der Waals surface area contributed by atoms with Crippen LogP contribution in [-0.2, 0) is 26.3 Å². The molecule has 1 saturated heterocycles. The Hall–Kier alpha value is -3.15. The average Bonchev–Trinajstić information content (AvgIpc) is 3.41. The van der Waals surface area contributed by atoms with Crippen LogP contribution < -0.4 is 4.74 Å². The second kappa shape index (κ2) is 9.15. The Balaban J connectivity index is 1.68. The van der Waals surface area contributed by atoms with Crippen LogP contribution in [0.3, 0.4) is 0 Å². The van der Waals surface area contributed by atoms with Crippen LogP contribution in [-0.4, -0.2) is 47.7 Å². The van der Waals surface area contributed by atoms with Gasteiger partial charge in [0.2, 0.25) is 17.7 Å². The molecule has 0 radical (unpaired) electrons. The van der Waals surface area contributed by atoms with Crippen molar-refractivity contribution in [2.75, 3.05) is 14.2 Å². The predicted molar refractivity (Wildman–Crippen MR) is 121 cm³/mol. The van der Waals surface area contributed by atoms with E-state index in [9.17, 15) is 14.4 Å². The molecule has 2 aliphatic rings. The maximum Gasteiger partial charge on any atom is 0.241 e. The molecule has 3 amide bonds. The molecule has 2 fully saturated rings. The molecule has 6 nitrogen and oxygen atoms in total. The second-order valence-corrected chi connectivity index (χ2v) is 8.88. The van der Waals surface area contributed by atoms with Crippen molar-refractivity contribution in [3.05, 3.63) is 65.7 Å². The molecule has 1 aliphatic carbocycles. The lowest BCUT2D eigenvalue weighted by Crippen LogP contribution is -2.45. The van der Waals surface area contributed by atoms with Gasteiger partial charge in [0.05, 0.1) is 12.5 Å². The number of methoxy groups -OCH3 is 1. The lowest BCUT2D eigenvalue weighted by Gasteiger charge is -2.31. The standard InChI is InChI=1S/C26H30N2O4/c1-27(18-19-10-4-3-5-11-19)23(29)16-26(21-14-8-9-15-22(21)32-2)17-24(30)28(25(26)31)20-12-6-7-13-20/h3-5,8-11,14-15,20H,6-7,12-13,16-18H2,1-2H3. The number of carbonyl (C=O) groups excluding carboxylic acids is 3. The molecule has 0 spiro atoms. The van der Waals surface area contributed by atoms with Crippen molar-refractivity contribution in [1.82, 2.24) is 9.80 Å². The fourth-order valence-electron chi connectivity index (χ4n) is 5.12. The Labute approximate surface area is 189 Å². The summed E-state index contributed by atoms with van der Waals surface area (Å²) in [6.07, 6.45) is 3.63. The van der Waals surface area contributed by atoms with Crippen molar-refractivity contribution < 1.29 is 19.1 Å². The van der Waals surface area contributed by atoms with Crippen LogP contribution in [0, 0.1) is 0 Å². The van der Waals surface area contributed by atoms with E-state index < -0.39 is 5.41 Å². The topological polar surface area (TPSA) is 66.9 Å². The summed E-state index contributed by atoms with van der Waals surface area (Å²) >= 11 is 0. The minimum Gasteiger partial charge on any atom is -0.496 e. The van der Waals surface area contributed by atoms with Crippen molar-refractivity contribution in [2.45, 2.75) is 56.5 Å². The molecule has 1 atom stereocenters. The van der Waals surface area contributed by atoms with Crippen LogP contribution in [0.1, 0.15) is 49.7 Å². The van der Waals surface area contributed by atoms with Crippen LogP contribution in [0.5, 0.6) is 5.75 Å². The summed E-state index contributed by atoms with van der Waals surface area (Å²) in [5.41, 5.74) is 0.382. The number of benzene rings is 2. The van der Waals surface area contributed by atoms with E-state index in [1.54, 1.807) is 25.1 Å². The van der Waals surface area contributed by atoms with Crippen molar-refractivity contribution in [2.24, 2.45) is 0 Å². The van der Waals surface area contributed by atoms with E-state index in [1.165, 1.54) is 4.90 Å². The van der Waals surface area contributed by atoms with Crippen LogP contribution in [0.25, 0.3) is 0 Å². The van der Waals surface area contributed by atoms with Gasteiger partial charge in [-0.15, -0.1) is 0 Å². The number of imide groups is 1. The Morgan fingerprint density at radius 3 is 2.41 bits per heavy atom. The number of likely N-dealkylation sites (tertiary alicyclic amines) is 1. The van der Waals surface area contributed by atoms with E-state index in [2.05, 4.69) is 0 Å². The summed E-state index contributed by atoms with van der Waals surface area (Å²) in [7, 11) is 3.28. The number of carbonyl (C=O) groups is 3. The van der Waals surface area contributed by atoms with Gasteiger partial charge in [-0.1, -0.05) is 61.4 Å². The number of amides is 3. The first-order valence-electron chi connectivity index (χ1n) is 11.2. The first kappa shape index (κ1) is 22.1. The van der Waals surface area contributed by atoms with Crippen LogP contribution in [0.15, 0.2) is 54.6 Å². The van der Waals surface area contributed by atoms with Gasteiger partial charge in [-0.25, -0.2) is 0 Å². The molecule has 2 aromatic rings. The molecule has 1 aliphatic heterocycles. The largest absolute Gasteiger partial charge is 0.496 e. The third kappa shape index (κ3) is 4.01. The third-order valence-corrected chi connectivity index (χ3v) is 6.80. The number of rotatable bonds is 7. The maximum atomic E-state index is 13.9. The first-order chi connectivity index (χ1) is 15.5. The Morgan fingerprint density at radius 1 is 1.06 bits per heavy atom. The van der Waals surface area contributed by atoms with Gasteiger partial charge in [0.25, 0.3) is 0 Å². The van der Waals surface area contributed by atoms with Gasteiger partial charge in [-0.05, 0) is 24.5 Å². The number of nitrogens with zero attached hydrogens (tertiary/aromatic N) is 2. The molecule has 1 unspecified atom stereocenters. The fourth-order valence-corrected chi connectivity index (χ4v) is 5.12. The zero-order valence-corrected chi connectivity index (χ0v) is 18.8. The van der Waals surface area contributed by atoms with Gasteiger partial charge in [0, 0.05) is 38.0 Å². The van der Waals surface area contributed by atoms with Gasteiger partial charge >= 0.3 is 0 Å². The summed E-state index contributed by atoms with van der Waals surface area (Å²) in [6.45, 7) is 0.441. The van der Waals surface area contributed by atoms with Gasteiger partial charge in [-0.2, -0.15) is 0 Å². The molecule has 0 N–H and O–H groups in total. The maximum absolute atomic E-state index is 13.9. The highest BCUT2D eigenvalue weighted by Gasteiger charge is 2.56. The number of ether oxygens (including phenoxy) is 1. The van der Waals surface area contributed by atoms with Crippen molar-refractivity contribution >= 4 is 17.7 Å². The lowest BCUT2D eigenvalue weighted by atomic mass is 9.75. The quantitative estimate of drug-likeness (QED) is 0.624. The Kier molecular flexibility index (Phi) is 6.31. The fraction of sp³-hybridized carbons (Fsp3) is 0.423. The zero-order valence-electron chi connectivity index (χ0n) is 18.8. The van der Waals surface area contributed by atoms with E-state index in [4.69, 9.17) is 4.74 Å². The minimum absolute atomic E-state index is 0.00633.